The van der Waals surface area contributed by atoms with Crippen LogP contribution in [-0.2, 0) is 11.0 Å². The predicted octanol–water partition coefficient (Wildman–Crippen LogP) is 5.24. The van der Waals surface area contributed by atoms with Crippen LogP contribution in [0.4, 0.5) is 0 Å². The third-order valence-corrected chi connectivity index (χ3v) is 8.37. The van der Waals surface area contributed by atoms with Crippen molar-refractivity contribution in [2.75, 3.05) is 6.16 Å². The first-order valence-corrected chi connectivity index (χ1v) is 14.9. The number of benzene rings is 4. The summed E-state index contributed by atoms with van der Waals surface area (Å²) in [5, 5.41) is 43.2. The van der Waals surface area contributed by atoms with E-state index < -0.39 is 7.60 Å². The molecule has 12 heteroatoms. The van der Waals surface area contributed by atoms with Crippen LogP contribution in [-0.4, -0.2) is 35.9 Å². The van der Waals surface area contributed by atoms with E-state index >= 15 is 0 Å². The first-order chi connectivity index (χ1) is 20.3. The molecule has 2 aromatic heterocycles. The average Bonchev–Trinajstić information content (AvgIpc) is 3.00. The molecule has 0 aliphatic rings. The molecule has 0 unspecified atom stereocenters. The van der Waals surface area contributed by atoms with E-state index in [1.165, 1.54) is 0 Å². The van der Waals surface area contributed by atoms with Gasteiger partial charge in [-0.25, -0.2) is 19.9 Å². The Labute approximate surface area is 238 Å². The van der Waals surface area contributed by atoms with Crippen molar-refractivity contribution in [3.63, 3.8) is 0 Å². The van der Waals surface area contributed by atoms with Crippen molar-refractivity contribution >= 4 is 62.0 Å². The van der Waals surface area contributed by atoms with Crippen molar-refractivity contribution in [3.05, 3.63) is 58.7 Å². The number of nitriles is 4. The van der Waals surface area contributed by atoms with Crippen LogP contribution in [0, 0.1) is 45.3 Å². The van der Waals surface area contributed by atoms with Crippen molar-refractivity contribution in [3.8, 4) is 24.3 Å². The second kappa shape index (κ2) is 10.3. The molecular formula is C30H19N8O3P. The Bertz CT molecular complexity index is 2300. The van der Waals surface area contributed by atoms with Crippen LogP contribution < -0.4 is 0 Å². The SMILES string of the molecule is N#Cc1nc2c3cccc4c5nc(C#N)c(C#N)nc5c5c(CCCCCCP(=O)(O)O)ccc(c2nc1C#N)c5c34. The lowest BCUT2D eigenvalue weighted by Gasteiger charge is -2.18. The Morgan fingerprint density at radius 2 is 1.07 bits per heavy atom. The summed E-state index contributed by atoms with van der Waals surface area (Å²) >= 11 is 0. The van der Waals surface area contributed by atoms with Gasteiger partial charge in [0.1, 0.15) is 24.3 Å². The molecule has 0 aliphatic heterocycles. The van der Waals surface area contributed by atoms with E-state index in [0.717, 1.165) is 34.6 Å². The molecule has 0 saturated heterocycles. The minimum absolute atomic E-state index is 0.0747. The second-order valence-electron chi connectivity index (χ2n) is 9.99. The fraction of sp³-hybridized carbons (Fsp3) is 0.200. The third kappa shape index (κ3) is 4.31. The number of hydrogen-bond donors (Lipinski definition) is 2. The fourth-order valence-corrected chi connectivity index (χ4v) is 6.34. The molecule has 2 heterocycles. The molecule has 0 saturated carbocycles. The van der Waals surface area contributed by atoms with Gasteiger partial charge in [0, 0.05) is 38.5 Å². The summed E-state index contributed by atoms with van der Waals surface area (Å²) in [5.41, 5.74) is 2.46. The van der Waals surface area contributed by atoms with Gasteiger partial charge in [0.2, 0.25) is 0 Å². The standard InChI is InChI=1S/C30H19N8O3P/c31-12-20-21(13-32)36-28-19-10-9-16(6-3-1-2-4-11-42(39,40)41)24-26(19)25-17(27(28)35-20)7-5-8-18(25)29-30(24)38-23(15-34)22(14-33)37-29/h5,7-10H,1-4,6,11H2,(H2,39,40,41). The van der Waals surface area contributed by atoms with E-state index in [0.29, 0.717) is 57.5 Å². The van der Waals surface area contributed by atoms with Crippen LogP contribution in [0.5, 0.6) is 0 Å². The predicted molar refractivity (Wildman–Crippen MR) is 154 cm³/mol. The van der Waals surface area contributed by atoms with E-state index in [4.69, 9.17) is 9.79 Å². The minimum atomic E-state index is -4.03. The van der Waals surface area contributed by atoms with Crippen molar-refractivity contribution in [2.24, 2.45) is 0 Å². The summed E-state index contributed by atoms with van der Waals surface area (Å²) in [6, 6.07) is 17.3. The highest BCUT2D eigenvalue weighted by Crippen LogP contribution is 2.44. The molecule has 42 heavy (non-hydrogen) atoms. The van der Waals surface area contributed by atoms with Gasteiger partial charge < -0.3 is 9.79 Å². The number of nitrogens with zero attached hydrogens (tertiary/aromatic N) is 8. The number of fused-ring (bicyclic) bond motifs is 6. The van der Waals surface area contributed by atoms with Gasteiger partial charge in [0.15, 0.2) is 22.8 Å². The maximum absolute atomic E-state index is 11.2. The zero-order valence-electron chi connectivity index (χ0n) is 22.0. The highest BCUT2D eigenvalue weighted by Gasteiger charge is 2.24. The van der Waals surface area contributed by atoms with Gasteiger partial charge in [0.05, 0.1) is 22.1 Å². The molecule has 0 amide bonds. The molecule has 0 bridgehead atoms. The molecule has 2 N–H and O–H groups in total. The number of aryl methyl sites for hydroxylation is 1. The van der Waals surface area contributed by atoms with Crippen LogP contribution >= 0.6 is 7.60 Å². The fourth-order valence-electron chi connectivity index (χ4n) is 5.71. The average molecular weight is 571 g/mol. The van der Waals surface area contributed by atoms with Crippen LogP contribution in [0.2, 0.25) is 0 Å². The van der Waals surface area contributed by atoms with Gasteiger partial charge in [-0.1, -0.05) is 43.2 Å². The van der Waals surface area contributed by atoms with Gasteiger partial charge in [-0.15, -0.1) is 0 Å². The van der Waals surface area contributed by atoms with Gasteiger partial charge in [-0.3, -0.25) is 4.57 Å². The molecule has 0 spiro atoms. The first-order valence-electron chi connectivity index (χ1n) is 13.1. The minimum Gasteiger partial charge on any atom is -0.324 e. The van der Waals surface area contributed by atoms with E-state index in [2.05, 4.69) is 19.9 Å². The normalized spacial score (nSPS) is 11.7. The maximum Gasteiger partial charge on any atom is 0.325 e. The smallest absolute Gasteiger partial charge is 0.324 e. The largest absolute Gasteiger partial charge is 0.325 e. The maximum atomic E-state index is 11.2. The molecule has 0 radical (unpaired) electrons. The zero-order valence-corrected chi connectivity index (χ0v) is 22.9. The van der Waals surface area contributed by atoms with Crippen LogP contribution in [0.3, 0.4) is 0 Å². The first kappa shape index (κ1) is 26.9. The number of aromatic nitrogens is 4. The van der Waals surface area contributed by atoms with Gasteiger partial charge in [-0.05, 0) is 24.8 Å². The van der Waals surface area contributed by atoms with Gasteiger partial charge in [-0.2, -0.15) is 21.0 Å². The van der Waals surface area contributed by atoms with Crippen LogP contribution in [0.25, 0.3) is 54.4 Å². The zero-order chi connectivity index (χ0) is 29.6. The summed E-state index contributed by atoms with van der Waals surface area (Å²) < 4.78 is 11.2. The van der Waals surface area contributed by atoms with Crippen LogP contribution in [0.1, 0.15) is 54.0 Å². The second-order valence-corrected chi connectivity index (χ2v) is 11.8. The van der Waals surface area contributed by atoms with Crippen molar-refractivity contribution < 1.29 is 14.4 Å². The number of hydrogen-bond acceptors (Lipinski definition) is 9. The van der Waals surface area contributed by atoms with Crippen molar-refractivity contribution in [1.82, 2.24) is 19.9 Å². The highest BCUT2D eigenvalue weighted by atomic mass is 31.2. The summed E-state index contributed by atoms with van der Waals surface area (Å²) in [6.45, 7) is 0. The molecule has 4 aromatic carbocycles. The number of rotatable bonds is 7. The monoisotopic (exact) mass is 570 g/mol. The van der Waals surface area contributed by atoms with Crippen molar-refractivity contribution in [2.45, 2.75) is 32.1 Å². The molecular weight excluding hydrogens is 551 g/mol. The van der Waals surface area contributed by atoms with Crippen LogP contribution in [0.15, 0.2) is 30.3 Å². The summed E-state index contributed by atoms with van der Waals surface area (Å²) in [5.74, 6) is 0. The van der Waals surface area contributed by atoms with Gasteiger partial charge >= 0.3 is 7.60 Å². The van der Waals surface area contributed by atoms with E-state index in [9.17, 15) is 25.6 Å². The summed E-state index contributed by atoms with van der Waals surface area (Å²) in [4.78, 5) is 36.6. The lowest BCUT2D eigenvalue weighted by atomic mass is 9.87. The van der Waals surface area contributed by atoms with Crippen molar-refractivity contribution in [1.29, 1.82) is 21.0 Å². The number of unbranched alkanes of at least 4 members (excludes halogenated alkanes) is 3. The molecule has 6 rings (SSSR count). The lowest BCUT2D eigenvalue weighted by molar-refractivity contribution is 0.370. The highest BCUT2D eigenvalue weighted by molar-refractivity contribution is 7.51. The van der Waals surface area contributed by atoms with E-state index in [-0.39, 0.29) is 28.9 Å². The molecule has 202 valence electrons. The Morgan fingerprint density at radius 3 is 1.60 bits per heavy atom. The molecule has 11 nitrogen and oxygen atoms in total. The molecule has 0 fully saturated rings. The third-order valence-electron chi connectivity index (χ3n) is 7.47. The summed E-state index contributed by atoms with van der Waals surface area (Å²) in [7, 11) is -4.03. The topological polar surface area (TPSA) is 204 Å². The van der Waals surface area contributed by atoms with E-state index in [1.807, 2.05) is 54.6 Å². The quantitative estimate of drug-likeness (QED) is 0.110. The Hall–Kier alpha value is -5.29. The molecule has 0 aliphatic carbocycles. The Kier molecular flexibility index (Phi) is 6.58. The van der Waals surface area contributed by atoms with E-state index in [1.54, 1.807) is 0 Å². The Morgan fingerprint density at radius 1 is 0.595 bits per heavy atom. The molecule has 6 aromatic rings. The Balaban J connectivity index is 1.67. The molecule has 0 atom stereocenters. The van der Waals surface area contributed by atoms with Gasteiger partial charge in [0.25, 0.3) is 0 Å². The lowest BCUT2D eigenvalue weighted by Crippen LogP contribution is -2.02. The summed E-state index contributed by atoms with van der Waals surface area (Å²) in [6.07, 6.45) is 3.07.